The molecule has 1 spiro atoms. The van der Waals surface area contributed by atoms with Gasteiger partial charge in [-0.2, -0.15) is 8.78 Å². The molecule has 1 aromatic heterocycles. The molecule has 3 fully saturated rings. The summed E-state index contributed by atoms with van der Waals surface area (Å²) in [6.07, 6.45) is -2.91. The Morgan fingerprint density at radius 1 is 1.08 bits per heavy atom. The Labute approximate surface area is 232 Å². The van der Waals surface area contributed by atoms with Crippen molar-refractivity contribution in [2.45, 2.75) is 19.0 Å². The molecule has 38 heavy (non-hydrogen) atoms. The van der Waals surface area contributed by atoms with Crippen molar-refractivity contribution in [1.29, 1.82) is 0 Å². The minimum Gasteiger partial charge on any atom is -0.415 e. The summed E-state index contributed by atoms with van der Waals surface area (Å²) in [6, 6.07) is 9.95. The van der Waals surface area contributed by atoms with Gasteiger partial charge in [-0.1, -0.05) is 29.3 Å². The average Bonchev–Trinajstić information content (AvgIpc) is 3.30. The van der Waals surface area contributed by atoms with E-state index in [0.717, 1.165) is 39.4 Å². The summed E-state index contributed by atoms with van der Waals surface area (Å²) in [5.41, 5.74) is 1.43. The lowest BCUT2D eigenvalue weighted by atomic mass is 9.72. The molecule has 2 aromatic carbocycles. The van der Waals surface area contributed by atoms with Crippen LogP contribution in [0.15, 0.2) is 40.8 Å². The van der Waals surface area contributed by atoms with Gasteiger partial charge in [0, 0.05) is 48.4 Å². The van der Waals surface area contributed by atoms with Crippen molar-refractivity contribution in [3.8, 4) is 11.5 Å². The highest BCUT2D eigenvalue weighted by Gasteiger charge is 2.55. The van der Waals surface area contributed by atoms with E-state index in [9.17, 15) is 8.78 Å². The number of thiocarbonyl (C=S) groups is 1. The number of likely N-dealkylation sites (tertiary alicyclic amines) is 2. The topological polar surface area (TPSA) is 57.9 Å². The number of aromatic nitrogens is 2. The first-order valence-electron chi connectivity index (χ1n) is 11.9. The summed E-state index contributed by atoms with van der Waals surface area (Å²) in [5, 5.41) is 8.20. The van der Waals surface area contributed by atoms with Gasteiger partial charge in [0.15, 0.2) is 5.11 Å². The van der Waals surface area contributed by atoms with Gasteiger partial charge in [-0.3, -0.25) is 4.90 Å². The Hall–Kier alpha value is -2.44. The predicted octanol–water partition coefficient (Wildman–Crippen LogP) is 5.43. The number of halogens is 5. The molecule has 200 valence electrons. The van der Waals surface area contributed by atoms with Crippen molar-refractivity contribution < 1.29 is 22.3 Å². The van der Waals surface area contributed by atoms with Gasteiger partial charge in [0.05, 0.1) is 35.8 Å². The first-order valence-corrected chi connectivity index (χ1v) is 13.1. The standard InChI is InChI=1S/C25H22Cl2F3N5O2S/c26-18-4-3-16(6-19(18)27)35(24(38)34-12-25(13-34)10-33(11-25)17-8-36-9-17)7-15-2-1-14(5-20(15)28)22-31-32-23(37-22)21(29)30/h1-6,17,21H,7-13H2. The number of hydrogen-bond donors (Lipinski definition) is 0. The normalized spacial score (nSPS) is 18.8. The fourth-order valence-electron chi connectivity index (χ4n) is 5.12. The lowest BCUT2D eigenvalue weighted by Crippen LogP contribution is -2.76. The van der Waals surface area contributed by atoms with Crippen LogP contribution in [0.2, 0.25) is 10.0 Å². The quantitative estimate of drug-likeness (QED) is 0.356. The molecule has 3 aliphatic rings. The van der Waals surface area contributed by atoms with E-state index in [1.807, 2.05) is 4.90 Å². The average molecular weight is 584 g/mol. The van der Waals surface area contributed by atoms with Crippen molar-refractivity contribution >= 4 is 46.2 Å². The molecule has 3 saturated heterocycles. The maximum absolute atomic E-state index is 15.2. The molecule has 0 amide bonds. The summed E-state index contributed by atoms with van der Waals surface area (Å²) in [5.74, 6) is -1.57. The van der Waals surface area contributed by atoms with Crippen LogP contribution < -0.4 is 4.90 Å². The van der Waals surface area contributed by atoms with E-state index in [4.69, 9.17) is 44.6 Å². The third kappa shape index (κ3) is 4.75. The Morgan fingerprint density at radius 3 is 2.45 bits per heavy atom. The molecule has 0 N–H and O–H groups in total. The molecule has 0 saturated carbocycles. The lowest BCUT2D eigenvalue weighted by Gasteiger charge is -2.63. The van der Waals surface area contributed by atoms with Gasteiger partial charge in [0.2, 0.25) is 5.89 Å². The van der Waals surface area contributed by atoms with Crippen LogP contribution in [-0.4, -0.2) is 70.5 Å². The van der Waals surface area contributed by atoms with Gasteiger partial charge in [-0.05, 0) is 42.5 Å². The van der Waals surface area contributed by atoms with Gasteiger partial charge < -0.3 is 19.0 Å². The van der Waals surface area contributed by atoms with Gasteiger partial charge in [0.25, 0.3) is 5.89 Å². The van der Waals surface area contributed by atoms with E-state index in [1.165, 1.54) is 6.07 Å². The number of nitrogens with zero attached hydrogens (tertiary/aromatic N) is 5. The lowest BCUT2D eigenvalue weighted by molar-refractivity contribution is -0.162. The Kier molecular flexibility index (Phi) is 6.76. The highest BCUT2D eigenvalue weighted by atomic mass is 35.5. The fourth-order valence-corrected chi connectivity index (χ4v) is 5.71. The SMILES string of the molecule is Fc1cc(-c2nnc(C(F)F)o2)ccc1CN(C(=S)N1CC2(C1)CN(C1COC1)C2)c1ccc(Cl)c(Cl)c1. The number of hydrogen-bond acceptors (Lipinski definition) is 6. The van der Waals surface area contributed by atoms with E-state index >= 15 is 4.39 Å². The van der Waals surface area contributed by atoms with E-state index in [2.05, 4.69) is 20.0 Å². The molecule has 3 aliphatic heterocycles. The van der Waals surface area contributed by atoms with Crippen LogP contribution in [0.1, 0.15) is 17.9 Å². The molecule has 0 radical (unpaired) electrons. The Morgan fingerprint density at radius 2 is 1.84 bits per heavy atom. The van der Waals surface area contributed by atoms with Crippen LogP contribution in [0.5, 0.6) is 0 Å². The summed E-state index contributed by atoms with van der Waals surface area (Å²) >= 11 is 18.3. The zero-order valence-electron chi connectivity index (χ0n) is 19.9. The van der Waals surface area contributed by atoms with Crippen LogP contribution in [0, 0.1) is 11.2 Å². The van der Waals surface area contributed by atoms with Crippen LogP contribution in [-0.2, 0) is 11.3 Å². The first kappa shape index (κ1) is 25.8. The van der Waals surface area contributed by atoms with Crippen LogP contribution >= 0.6 is 35.4 Å². The summed E-state index contributed by atoms with van der Waals surface area (Å²) in [6.45, 7) is 5.39. The van der Waals surface area contributed by atoms with Crippen molar-refractivity contribution in [3.63, 3.8) is 0 Å². The highest BCUT2D eigenvalue weighted by molar-refractivity contribution is 7.80. The zero-order chi connectivity index (χ0) is 26.6. The minimum atomic E-state index is -2.91. The highest BCUT2D eigenvalue weighted by Crippen LogP contribution is 2.42. The summed E-state index contributed by atoms with van der Waals surface area (Å²) in [4.78, 5) is 6.38. The second-order valence-electron chi connectivity index (χ2n) is 9.97. The molecule has 0 bridgehead atoms. The number of benzene rings is 2. The van der Waals surface area contributed by atoms with Crippen LogP contribution in [0.4, 0.5) is 18.9 Å². The Balaban J connectivity index is 1.20. The third-order valence-corrected chi connectivity index (χ3v) is 8.46. The van der Waals surface area contributed by atoms with Crippen molar-refractivity contribution in [2.24, 2.45) is 5.41 Å². The zero-order valence-corrected chi connectivity index (χ0v) is 22.2. The second-order valence-corrected chi connectivity index (χ2v) is 11.2. The molecule has 3 aromatic rings. The smallest absolute Gasteiger partial charge is 0.314 e. The largest absolute Gasteiger partial charge is 0.415 e. The van der Waals surface area contributed by atoms with Crippen molar-refractivity contribution in [3.05, 3.63) is 63.7 Å². The van der Waals surface area contributed by atoms with Gasteiger partial charge in [-0.25, -0.2) is 4.39 Å². The molecule has 0 unspecified atom stereocenters. The summed E-state index contributed by atoms with van der Waals surface area (Å²) in [7, 11) is 0. The number of alkyl halides is 2. The van der Waals surface area contributed by atoms with Crippen LogP contribution in [0.25, 0.3) is 11.5 Å². The number of ether oxygens (including phenoxy) is 1. The van der Waals surface area contributed by atoms with E-state index in [0.29, 0.717) is 32.5 Å². The molecule has 0 atom stereocenters. The second kappa shape index (κ2) is 9.95. The van der Waals surface area contributed by atoms with Gasteiger partial charge >= 0.3 is 6.43 Å². The molecule has 0 aliphatic carbocycles. The third-order valence-electron chi connectivity index (χ3n) is 7.24. The van der Waals surface area contributed by atoms with Crippen LogP contribution in [0.3, 0.4) is 0 Å². The first-order chi connectivity index (χ1) is 18.2. The van der Waals surface area contributed by atoms with Crippen molar-refractivity contribution in [2.75, 3.05) is 44.3 Å². The van der Waals surface area contributed by atoms with E-state index < -0.39 is 18.1 Å². The molecule has 6 rings (SSSR count). The molecule has 4 heterocycles. The fraction of sp³-hybridized carbons (Fsp3) is 0.400. The van der Waals surface area contributed by atoms with E-state index in [-0.39, 0.29) is 23.4 Å². The maximum atomic E-state index is 15.2. The maximum Gasteiger partial charge on any atom is 0.314 e. The predicted molar refractivity (Wildman–Crippen MR) is 140 cm³/mol. The minimum absolute atomic E-state index is 0.115. The number of rotatable bonds is 6. The van der Waals surface area contributed by atoms with E-state index in [1.54, 1.807) is 30.3 Å². The number of anilines is 1. The molecular formula is C25H22Cl2F3N5O2S. The Bertz CT molecular complexity index is 1370. The molecular weight excluding hydrogens is 562 g/mol. The van der Waals surface area contributed by atoms with Gasteiger partial charge in [-0.15, -0.1) is 10.2 Å². The van der Waals surface area contributed by atoms with Gasteiger partial charge in [0.1, 0.15) is 5.82 Å². The molecule has 7 nitrogen and oxygen atoms in total. The monoisotopic (exact) mass is 583 g/mol. The van der Waals surface area contributed by atoms with Crippen molar-refractivity contribution in [1.82, 2.24) is 20.0 Å². The molecule has 13 heteroatoms. The summed E-state index contributed by atoms with van der Waals surface area (Å²) < 4.78 is 51.1.